The maximum absolute atomic E-state index is 2.45. The lowest BCUT2D eigenvalue weighted by Crippen LogP contribution is -2.06. The van der Waals surface area contributed by atoms with Gasteiger partial charge in [-0.25, -0.2) is 0 Å². The molecule has 3 aliphatic carbocycles. The topological polar surface area (TPSA) is 0 Å². The molecule has 0 fully saturated rings. The van der Waals surface area contributed by atoms with Crippen molar-refractivity contribution in [1.82, 2.24) is 0 Å². The first-order chi connectivity index (χ1) is 7.43. The number of fused-ring (bicyclic) bond motifs is 2. The highest BCUT2D eigenvalue weighted by Gasteiger charge is 2.18. The Morgan fingerprint density at radius 1 is 1.07 bits per heavy atom. The minimum absolute atomic E-state index is 0.553. The van der Waals surface area contributed by atoms with Gasteiger partial charge in [-0.05, 0) is 42.4 Å². The average Bonchev–Trinajstić information content (AvgIpc) is 2.50. The Labute approximate surface area is 91.4 Å². The fourth-order valence-electron chi connectivity index (χ4n) is 2.56. The van der Waals surface area contributed by atoms with Gasteiger partial charge in [0.05, 0.1) is 0 Å². The summed E-state index contributed by atoms with van der Waals surface area (Å²) in [5, 5.41) is 0. The summed E-state index contributed by atoms with van der Waals surface area (Å²) >= 11 is 0. The molecule has 3 aliphatic rings. The Morgan fingerprint density at radius 2 is 2.07 bits per heavy atom. The quantitative estimate of drug-likeness (QED) is 0.512. The Kier molecular flexibility index (Phi) is 2.21. The second-order valence-corrected chi connectivity index (χ2v) is 4.47. The Morgan fingerprint density at radius 3 is 3.07 bits per heavy atom. The van der Waals surface area contributed by atoms with Gasteiger partial charge in [0.1, 0.15) is 0 Å². The van der Waals surface area contributed by atoms with Crippen LogP contribution in [-0.2, 0) is 0 Å². The van der Waals surface area contributed by atoms with Crippen molar-refractivity contribution >= 4 is 0 Å². The van der Waals surface area contributed by atoms with E-state index in [0.29, 0.717) is 5.92 Å². The van der Waals surface area contributed by atoms with E-state index in [9.17, 15) is 0 Å². The first kappa shape index (κ1) is 8.96. The van der Waals surface area contributed by atoms with E-state index in [0.717, 1.165) is 0 Å². The molecule has 0 N–H and O–H groups in total. The normalized spacial score (nSPS) is 28.3. The van der Waals surface area contributed by atoms with Crippen LogP contribution < -0.4 is 0 Å². The molecular weight excluding hydrogens is 180 g/mol. The Hall–Kier alpha value is -1.30. The van der Waals surface area contributed by atoms with Crippen LogP contribution in [0.25, 0.3) is 0 Å². The van der Waals surface area contributed by atoms with E-state index in [2.05, 4.69) is 42.5 Å². The lowest BCUT2D eigenvalue weighted by atomic mass is 9.82. The van der Waals surface area contributed by atoms with Crippen molar-refractivity contribution in [2.75, 3.05) is 0 Å². The van der Waals surface area contributed by atoms with Gasteiger partial charge in [-0.1, -0.05) is 42.5 Å². The molecule has 0 radical (unpaired) electrons. The Balaban J connectivity index is 2.04. The summed E-state index contributed by atoms with van der Waals surface area (Å²) in [5.41, 5.74) is 4.49. The molecule has 0 saturated carbocycles. The molecule has 0 aliphatic heterocycles. The summed E-state index contributed by atoms with van der Waals surface area (Å²) in [7, 11) is 0. The van der Waals surface area contributed by atoms with E-state index >= 15 is 0 Å². The molecule has 0 aromatic heterocycles. The van der Waals surface area contributed by atoms with Crippen molar-refractivity contribution in [3.8, 4) is 0 Å². The maximum Gasteiger partial charge on any atom is 0.0201 e. The van der Waals surface area contributed by atoms with Crippen molar-refractivity contribution in [2.45, 2.75) is 25.7 Å². The third kappa shape index (κ3) is 1.65. The number of hydrogen-bond acceptors (Lipinski definition) is 0. The summed E-state index contributed by atoms with van der Waals surface area (Å²) in [6.07, 6.45) is 21.3. The van der Waals surface area contributed by atoms with Crippen LogP contribution in [-0.4, -0.2) is 0 Å². The first-order valence-corrected chi connectivity index (χ1v) is 5.89. The lowest BCUT2D eigenvalue weighted by Gasteiger charge is -2.22. The van der Waals surface area contributed by atoms with Gasteiger partial charge in [-0.2, -0.15) is 0 Å². The van der Waals surface area contributed by atoms with Crippen LogP contribution in [0.2, 0.25) is 0 Å². The van der Waals surface area contributed by atoms with Crippen molar-refractivity contribution < 1.29 is 0 Å². The second kappa shape index (κ2) is 3.69. The van der Waals surface area contributed by atoms with Crippen LogP contribution in [0.1, 0.15) is 25.7 Å². The standard InChI is InChI=1S/C15H16/c1-2-6-12-10-14-8-4-5-9-15(14)11-13(12)7-3-1/h2,5-7,9-12H,1,3-4,8H2. The van der Waals surface area contributed by atoms with Crippen LogP contribution in [0.4, 0.5) is 0 Å². The average molecular weight is 196 g/mol. The van der Waals surface area contributed by atoms with E-state index in [-0.39, 0.29) is 0 Å². The molecule has 1 atom stereocenters. The maximum atomic E-state index is 2.45. The summed E-state index contributed by atoms with van der Waals surface area (Å²) < 4.78 is 0. The fourth-order valence-corrected chi connectivity index (χ4v) is 2.56. The molecule has 15 heavy (non-hydrogen) atoms. The highest BCUT2D eigenvalue weighted by Crippen LogP contribution is 2.35. The number of rotatable bonds is 0. The molecule has 0 nitrogen and oxygen atoms in total. The van der Waals surface area contributed by atoms with Crippen LogP contribution in [0.5, 0.6) is 0 Å². The molecule has 76 valence electrons. The van der Waals surface area contributed by atoms with Gasteiger partial charge in [-0.15, -0.1) is 0 Å². The van der Waals surface area contributed by atoms with E-state index in [1.165, 1.54) is 36.8 Å². The van der Waals surface area contributed by atoms with Crippen LogP contribution in [0.15, 0.2) is 59.3 Å². The van der Waals surface area contributed by atoms with Gasteiger partial charge < -0.3 is 0 Å². The van der Waals surface area contributed by atoms with Gasteiger partial charge in [-0.3, -0.25) is 0 Å². The molecule has 0 heterocycles. The molecule has 0 saturated heterocycles. The van der Waals surface area contributed by atoms with Crippen molar-refractivity contribution in [1.29, 1.82) is 0 Å². The number of hydrogen-bond donors (Lipinski definition) is 0. The molecule has 0 heteroatoms. The largest absolute Gasteiger partial charge is 0.0873 e. The zero-order chi connectivity index (χ0) is 10.1. The van der Waals surface area contributed by atoms with Gasteiger partial charge in [0.25, 0.3) is 0 Å². The van der Waals surface area contributed by atoms with E-state index < -0.39 is 0 Å². The summed E-state index contributed by atoms with van der Waals surface area (Å²) in [6.45, 7) is 0. The fraction of sp³-hybridized carbons (Fsp3) is 0.333. The molecule has 0 bridgehead atoms. The third-order valence-corrected chi connectivity index (χ3v) is 3.39. The van der Waals surface area contributed by atoms with Crippen LogP contribution in [0, 0.1) is 5.92 Å². The molecule has 0 amide bonds. The summed E-state index contributed by atoms with van der Waals surface area (Å²) in [4.78, 5) is 0. The smallest absolute Gasteiger partial charge is 0.0201 e. The summed E-state index contributed by atoms with van der Waals surface area (Å²) in [6, 6.07) is 0. The Bertz CT molecular complexity index is 413. The summed E-state index contributed by atoms with van der Waals surface area (Å²) in [5.74, 6) is 0.553. The lowest BCUT2D eigenvalue weighted by molar-refractivity contribution is 0.892. The minimum atomic E-state index is 0.553. The molecule has 0 aromatic rings. The third-order valence-electron chi connectivity index (χ3n) is 3.39. The minimum Gasteiger partial charge on any atom is -0.0873 e. The van der Waals surface area contributed by atoms with E-state index in [4.69, 9.17) is 0 Å². The molecule has 0 aromatic carbocycles. The van der Waals surface area contributed by atoms with E-state index in [1.54, 1.807) is 5.57 Å². The number of allylic oxidation sites excluding steroid dienone is 10. The predicted octanol–water partition coefficient (Wildman–Crippen LogP) is 4.10. The van der Waals surface area contributed by atoms with Gasteiger partial charge in [0.15, 0.2) is 0 Å². The van der Waals surface area contributed by atoms with E-state index in [1.807, 2.05) is 0 Å². The van der Waals surface area contributed by atoms with Crippen molar-refractivity contribution in [2.24, 2.45) is 5.92 Å². The molecular formula is C15H16. The highest BCUT2D eigenvalue weighted by molar-refractivity contribution is 5.53. The SMILES string of the molecule is C1=CC2C=C3CCC=CC3=CC2=CCC1. The van der Waals surface area contributed by atoms with Crippen LogP contribution in [0.3, 0.4) is 0 Å². The monoisotopic (exact) mass is 196 g/mol. The van der Waals surface area contributed by atoms with Crippen LogP contribution >= 0.6 is 0 Å². The molecule has 0 spiro atoms. The predicted molar refractivity (Wildman–Crippen MR) is 64.5 cm³/mol. The van der Waals surface area contributed by atoms with Crippen molar-refractivity contribution in [3.63, 3.8) is 0 Å². The highest BCUT2D eigenvalue weighted by atomic mass is 14.2. The van der Waals surface area contributed by atoms with Gasteiger partial charge >= 0.3 is 0 Å². The van der Waals surface area contributed by atoms with Crippen molar-refractivity contribution in [3.05, 3.63) is 59.3 Å². The molecule has 1 unspecified atom stereocenters. The van der Waals surface area contributed by atoms with Gasteiger partial charge in [0, 0.05) is 5.92 Å². The second-order valence-electron chi connectivity index (χ2n) is 4.47. The zero-order valence-electron chi connectivity index (χ0n) is 8.95. The zero-order valence-corrected chi connectivity index (χ0v) is 8.95. The first-order valence-electron chi connectivity index (χ1n) is 5.89. The molecule has 3 rings (SSSR count). The van der Waals surface area contributed by atoms with Gasteiger partial charge in [0.2, 0.25) is 0 Å².